The van der Waals surface area contributed by atoms with Crippen molar-refractivity contribution in [3.63, 3.8) is 0 Å². The SMILES string of the molecule is CC(C)CCC[C@@H](C)C1CCC2C3CC=C4C[C@@H](OC(=O)CCC(=O)OCC[N+](C)(C)CCO)CC[C@]4(C)C3CC[C@@]21C.[Br-]. The van der Waals surface area contributed by atoms with E-state index in [1.165, 1.54) is 56.9 Å². The number of hydrogen-bond donors (Lipinski definition) is 1. The van der Waals surface area contributed by atoms with Gasteiger partial charge in [0, 0.05) is 6.42 Å². The average molecular weight is 683 g/mol. The zero-order valence-corrected chi connectivity index (χ0v) is 30.6. The molecule has 0 aromatic heterocycles. The van der Waals surface area contributed by atoms with Gasteiger partial charge in [0.15, 0.2) is 0 Å². The number of nitrogens with zero attached hydrogens (tertiary/aromatic N) is 1. The molecule has 6 nitrogen and oxygen atoms in total. The minimum atomic E-state index is -0.360. The number of carbonyl (C=O) groups excluding carboxylic acids is 2. The molecular formula is C37H64BrNO5. The van der Waals surface area contributed by atoms with Crippen LogP contribution in [0.3, 0.4) is 0 Å². The first-order valence-corrected chi connectivity index (χ1v) is 17.8. The molecule has 254 valence electrons. The van der Waals surface area contributed by atoms with Crippen LogP contribution in [0.5, 0.6) is 0 Å². The molecular weight excluding hydrogens is 618 g/mol. The predicted molar refractivity (Wildman–Crippen MR) is 172 cm³/mol. The fraction of sp³-hybridized carbons (Fsp3) is 0.892. The summed E-state index contributed by atoms with van der Waals surface area (Å²) in [6.45, 7) is 14.1. The van der Waals surface area contributed by atoms with Crippen LogP contribution in [-0.2, 0) is 19.1 Å². The fourth-order valence-corrected chi connectivity index (χ4v) is 10.1. The van der Waals surface area contributed by atoms with Gasteiger partial charge in [0.05, 0.1) is 33.5 Å². The van der Waals surface area contributed by atoms with E-state index in [1.54, 1.807) is 0 Å². The molecule has 0 saturated heterocycles. The van der Waals surface area contributed by atoms with Gasteiger partial charge in [-0.3, -0.25) is 9.59 Å². The van der Waals surface area contributed by atoms with Crippen molar-refractivity contribution >= 4 is 11.9 Å². The molecule has 0 spiro atoms. The Morgan fingerprint density at radius 2 is 1.70 bits per heavy atom. The molecule has 44 heavy (non-hydrogen) atoms. The van der Waals surface area contributed by atoms with E-state index < -0.39 is 0 Å². The van der Waals surface area contributed by atoms with Gasteiger partial charge in [0.2, 0.25) is 0 Å². The molecule has 4 unspecified atom stereocenters. The molecule has 4 aliphatic rings. The maximum atomic E-state index is 12.7. The largest absolute Gasteiger partial charge is 1.00 e. The van der Waals surface area contributed by atoms with Crippen LogP contribution in [-0.4, -0.2) is 68.0 Å². The van der Waals surface area contributed by atoms with E-state index in [0.29, 0.717) is 23.0 Å². The molecule has 0 bridgehead atoms. The van der Waals surface area contributed by atoms with Gasteiger partial charge in [-0.1, -0.05) is 65.5 Å². The number of aliphatic hydroxyl groups excluding tert-OH is 1. The van der Waals surface area contributed by atoms with Crippen LogP contribution in [0.1, 0.15) is 118 Å². The van der Waals surface area contributed by atoms with E-state index in [4.69, 9.17) is 14.6 Å². The number of likely N-dealkylation sites (N-methyl/N-ethyl adjacent to an activating group) is 1. The van der Waals surface area contributed by atoms with Crippen molar-refractivity contribution < 1.29 is 45.6 Å². The highest BCUT2D eigenvalue weighted by Gasteiger charge is 2.59. The van der Waals surface area contributed by atoms with E-state index in [-0.39, 0.29) is 66.5 Å². The van der Waals surface area contributed by atoms with Crippen LogP contribution in [0.25, 0.3) is 0 Å². The Morgan fingerprint density at radius 3 is 2.41 bits per heavy atom. The number of quaternary nitrogens is 1. The lowest BCUT2D eigenvalue weighted by Gasteiger charge is -2.58. The van der Waals surface area contributed by atoms with Gasteiger partial charge in [0.1, 0.15) is 25.8 Å². The van der Waals surface area contributed by atoms with Gasteiger partial charge in [-0.05, 0) is 91.3 Å². The highest BCUT2D eigenvalue weighted by molar-refractivity contribution is 5.77. The number of esters is 2. The molecule has 3 fully saturated rings. The zero-order chi connectivity index (χ0) is 31.4. The molecule has 0 heterocycles. The number of aliphatic hydroxyl groups is 1. The molecule has 1 N–H and O–H groups in total. The highest BCUT2D eigenvalue weighted by Crippen LogP contribution is 2.67. The van der Waals surface area contributed by atoms with E-state index in [0.717, 1.165) is 54.8 Å². The van der Waals surface area contributed by atoms with Crippen molar-refractivity contribution in [1.29, 1.82) is 0 Å². The number of fused-ring (bicyclic) bond motifs is 5. The van der Waals surface area contributed by atoms with Gasteiger partial charge in [-0.2, -0.15) is 0 Å². The molecule has 0 amide bonds. The highest BCUT2D eigenvalue weighted by atomic mass is 79.9. The Labute approximate surface area is 279 Å². The standard InChI is InChI=1S/C37H64NO5.BrH/c1-26(2)9-8-10-27(3)31-13-14-32-30-12-11-28-25-29(17-19-36(28,4)33(30)18-20-37(31,32)5)43-35(41)16-15-34(40)42-24-22-38(6,7)21-23-39;/h11,26-27,29-33,39H,8-10,12-25H2,1-7H3;1H/q+1;/p-1/t27-,29+,30?,31?,32?,33?,36+,37-;/m1./s1. The lowest BCUT2D eigenvalue weighted by Crippen LogP contribution is -3.00. The lowest BCUT2D eigenvalue weighted by molar-refractivity contribution is -0.890. The summed E-state index contributed by atoms with van der Waals surface area (Å²) in [6, 6.07) is 0. The molecule has 0 aromatic carbocycles. The molecule has 4 rings (SSSR count). The minimum Gasteiger partial charge on any atom is -1.00 e. The molecule has 3 saturated carbocycles. The van der Waals surface area contributed by atoms with Crippen LogP contribution < -0.4 is 17.0 Å². The molecule has 0 aliphatic heterocycles. The molecule has 8 atom stereocenters. The summed E-state index contributed by atoms with van der Waals surface area (Å²) in [6.07, 6.45) is 16.4. The molecule has 0 aromatic rings. The molecule has 7 heteroatoms. The van der Waals surface area contributed by atoms with Crippen LogP contribution >= 0.6 is 0 Å². The van der Waals surface area contributed by atoms with E-state index in [1.807, 2.05) is 14.1 Å². The van der Waals surface area contributed by atoms with Crippen LogP contribution in [0.4, 0.5) is 0 Å². The van der Waals surface area contributed by atoms with Gasteiger partial charge in [-0.15, -0.1) is 0 Å². The van der Waals surface area contributed by atoms with E-state index >= 15 is 0 Å². The second-order valence-corrected chi connectivity index (χ2v) is 16.5. The Hall–Kier alpha value is -0.920. The third kappa shape index (κ3) is 8.70. The van der Waals surface area contributed by atoms with Crippen molar-refractivity contribution in [2.75, 3.05) is 40.4 Å². The first-order chi connectivity index (χ1) is 20.3. The summed E-state index contributed by atoms with van der Waals surface area (Å²) in [5, 5.41) is 9.14. The van der Waals surface area contributed by atoms with Gasteiger partial charge < -0.3 is 36.0 Å². The second-order valence-electron chi connectivity index (χ2n) is 16.5. The van der Waals surface area contributed by atoms with Gasteiger partial charge >= 0.3 is 11.9 Å². The summed E-state index contributed by atoms with van der Waals surface area (Å²) in [5.74, 6) is 4.30. The number of ether oxygens (including phenoxy) is 2. The fourth-order valence-electron chi connectivity index (χ4n) is 10.1. The maximum Gasteiger partial charge on any atom is 0.306 e. The first-order valence-electron chi connectivity index (χ1n) is 17.8. The Bertz CT molecular complexity index is 996. The lowest BCUT2D eigenvalue weighted by atomic mass is 9.47. The van der Waals surface area contributed by atoms with Crippen LogP contribution in [0.15, 0.2) is 11.6 Å². The van der Waals surface area contributed by atoms with Crippen molar-refractivity contribution in [3.05, 3.63) is 11.6 Å². The summed E-state index contributed by atoms with van der Waals surface area (Å²) in [5.41, 5.74) is 2.27. The van der Waals surface area contributed by atoms with Crippen molar-refractivity contribution in [3.8, 4) is 0 Å². The Kier molecular flexibility index (Phi) is 13.5. The second kappa shape index (κ2) is 15.8. The summed E-state index contributed by atoms with van der Waals surface area (Å²) < 4.78 is 11.8. The molecule has 0 radical (unpaired) electrons. The number of carbonyl (C=O) groups is 2. The Balaban J connectivity index is 0.00000529. The zero-order valence-electron chi connectivity index (χ0n) is 29.0. The van der Waals surface area contributed by atoms with E-state index in [2.05, 4.69) is 40.7 Å². The number of allylic oxidation sites excluding steroid dienone is 1. The van der Waals surface area contributed by atoms with Crippen molar-refractivity contribution in [1.82, 2.24) is 0 Å². The number of halogens is 1. The number of hydrogen-bond acceptors (Lipinski definition) is 5. The molecule has 4 aliphatic carbocycles. The average Bonchev–Trinajstić information content (AvgIpc) is 3.29. The normalized spacial score (nSPS) is 33.8. The third-order valence-corrected chi connectivity index (χ3v) is 12.8. The smallest absolute Gasteiger partial charge is 0.306 e. The topological polar surface area (TPSA) is 72.8 Å². The van der Waals surface area contributed by atoms with Crippen molar-refractivity contribution in [2.24, 2.45) is 46.3 Å². The van der Waals surface area contributed by atoms with Crippen molar-refractivity contribution in [2.45, 2.75) is 124 Å². The predicted octanol–water partition coefficient (Wildman–Crippen LogP) is 4.34. The quantitative estimate of drug-likeness (QED) is 0.168. The van der Waals surface area contributed by atoms with Crippen LogP contribution in [0, 0.1) is 46.3 Å². The summed E-state index contributed by atoms with van der Waals surface area (Å²) in [4.78, 5) is 24.8. The summed E-state index contributed by atoms with van der Waals surface area (Å²) in [7, 11) is 3.98. The van der Waals surface area contributed by atoms with Gasteiger partial charge in [-0.25, -0.2) is 0 Å². The summed E-state index contributed by atoms with van der Waals surface area (Å²) >= 11 is 0. The first kappa shape index (κ1) is 37.5. The van der Waals surface area contributed by atoms with E-state index in [9.17, 15) is 9.59 Å². The third-order valence-electron chi connectivity index (χ3n) is 12.8. The Morgan fingerprint density at radius 1 is 0.977 bits per heavy atom. The minimum absolute atomic E-state index is 0. The monoisotopic (exact) mass is 681 g/mol. The number of rotatable bonds is 14. The van der Waals surface area contributed by atoms with Crippen LogP contribution in [0.2, 0.25) is 0 Å². The van der Waals surface area contributed by atoms with Gasteiger partial charge in [0.25, 0.3) is 0 Å². The maximum absolute atomic E-state index is 12.7.